The number of ether oxygens (including phenoxy) is 3. The molecule has 0 radical (unpaired) electrons. The normalized spacial score (nSPS) is 15.2. The predicted molar refractivity (Wildman–Crippen MR) is 101 cm³/mol. The Balaban J connectivity index is 1.87. The SMILES string of the molecule is CCOC(=O)C1CCN(c2cc(C)c3cc(OC)cc(OC)c3n2)CC1. The lowest BCUT2D eigenvalue weighted by Gasteiger charge is -2.32. The van der Waals surface area contributed by atoms with E-state index in [1.54, 1.807) is 14.2 Å². The minimum absolute atomic E-state index is 0.00782. The highest BCUT2D eigenvalue weighted by molar-refractivity contribution is 5.90. The molecule has 0 amide bonds. The third kappa shape index (κ3) is 3.54. The largest absolute Gasteiger partial charge is 0.497 e. The first kappa shape index (κ1) is 18.3. The summed E-state index contributed by atoms with van der Waals surface area (Å²) >= 11 is 0. The van der Waals surface area contributed by atoms with Crippen LogP contribution in [-0.2, 0) is 9.53 Å². The van der Waals surface area contributed by atoms with Crippen LogP contribution >= 0.6 is 0 Å². The van der Waals surface area contributed by atoms with Crippen LogP contribution in [0.4, 0.5) is 5.82 Å². The van der Waals surface area contributed by atoms with Gasteiger partial charge in [0.15, 0.2) is 0 Å². The molecule has 0 bridgehead atoms. The Bertz CT molecular complexity index is 798. The fraction of sp³-hybridized carbons (Fsp3) is 0.500. The molecule has 2 heterocycles. The van der Waals surface area contributed by atoms with Crippen molar-refractivity contribution >= 4 is 22.7 Å². The van der Waals surface area contributed by atoms with Crippen molar-refractivity contribution in [1.29, 1.82) is 0 Å². The zero-order valence-electron chi connectivity index (χ0n) is 15.9. The van der Waals surface area contributed by atoms with E-state index in [1.165, 1.54) is 0 Å². The summed E-state index contributed by atoms with van der Waals surface area (Å²) in [6.07, 6.45) is 1.58. The van der Waals surface area contributed by atoms with Crippen molar-refractivity contribution in [3.8, 4) is 11.5 Å². The summed E-state index contributed by atoms with van der Waals surface area (Å²) in [4.78, 5) is 19.0. The molecular formula is C20H26N2O4. The van der Waals surface area contributed by atoms with E-state index in [9.17, 15) is 4.79 Å². The number of esters is 1. The van der Waals surface area contributed by atoms with Gasteiger partial charge in [-0.1, -0.05) is 0 Å². The fourth-order valence-corrected chi connectivity index (χ4v) is 3.46. The summed E-state index contributed by atoms with van der Waals surface area (Å²) in [5.74, 6) is 2.28. The van der Waals surface area contributed by atoms with Gasteiger partial charge in [0.25, 0.3) is 0 Å². The summed E-state index contributed by atoms with van der Waals surface area (Å²) in [5, 5.41) is 1.02. The first-order valence-corrected chi connectivity index (χ1v) is 9.02. The number of hydrogen-bond donors (Lipinski definition) is 0. The molecule has 1 aliphatic rings. The van der Waals surface area contributed by atoms with Crippen LogP contribution in [0.15, 0.2) is 18.2 Å². The maximum atomic E-state index is 11.9. The van der Waals surface area contributed by atoms with Crippen LogP contribution in [0.1, 0.15) is 25.3 Å². The van der Waals surface area contributed by atoms with Gasteiger partial charge in [-0.3, -0.25) is 4.79 Å². The minimum Gasteiger partial charge on any atom is -0.497 e. The number of aromatic nitrogens is 1. The van der Waals surface area contributed by atoms with E-state index in [1.807, 2.05) is 19.1 Å². The zero-order chi connectivity index (χ0) is 18.7. The summed E-state index contributed by atoms with van der Waals surface area (Å²) in [6.45, 7) is 5.93. The van der Waals surface area contributed by atoms with E-state index < -0.39 is 0 Å². The number of rotatable bonds is 5. The fourth-order valence-electron chi connectivity index (χ4n) is 3.46. The Morgan fingerprint density at radius 3 is 2.54 bits per heavy atom. The van der Waals surface area contributed by atoms with Gasteiger partial charge in [-0.2, -0.15) is 0 Å². The number of benzene rings is 1. The van der Waals surface area contributed by atoms with E-state index in [2.05, 4.69) is 17.9 Å². The molecule has 1 fully saturated rings. The van der Waals surface area contributed by atoms with Crippen LogP contribution < -0.4 is 14.4 Å². The van der Waals surface area contributed by atoms with Crippen LogP contribution in [-0.4, -0.2) is 44.9 Å². The average molecular weight is 358 g/mol. The minimum atomic E-state index is -0.0800. The summed E-state index contributed by atoms with van der Waals surface area (Å²) in [7, 11) is 3.29. The molecule has 1 aliphatic heterocycles. The Kier molecular flexibility index (Phi) is 5.49. The molecular weight excluding hydrogens is 332 g/mol. The van der Waals surface area contributed by atoms with Crippen molar-refractivity contribution < 1.29 is 19.0 Å². The van der Waals surface area contributed by atoms with E-state index in [0.29, 0.717) is 12.4 Å². The Morgan fingerprint density at radius 2 is 1.92 bits per heavy atom. The van der Waals surface area contributed by atoms with Crippen LogP contribution in [0.3, 0.4) is 0 Å². The third-order valence-electron chi connectivity index (χ3n) is 4.94. The van der Waals surface area contributed by atoms with Crippen LogP contribution in [0.5, 0.6) is 11.5 Å². The smallest absolute Gasteiger partial charge is 0.309 e. The highest BCUT2D eigenvalue weighted by atomic mass is 16.5. The number of carbonyl (C=O) groups is 1. The van der Waals surface area contributed by atoms with E-state index in [4.69, 9.17) is 19.2 Å². The maximum absolute atomic E-state index is 11.9. The van der Waals surface area contributed by atoms with Gasteiger partial charge in [-0.05, 0) is 44.4 Å². The van der Waals surface area contributed by atoms with Crippen molar-refractivity contribution in [1.82, 2.24) is 4.98 Å². The number of carbonyl (C=O) groups excluding carboxylic acids is 1. The monoisotopic (exact) mass is 358 g/mol. The molecule has 3 rings (SSSR count). The molecule has 140 valence electrons. The first-order chi connectivity index (χ1) is 12.6. The highest BCUT2D eigenvalue weighted by Gasteiger charge is 2.27. The first-order valence-electron chi connectivity index (χ1n) is 9.02. The maximum Gasteiger partial charge on any atom is 0.309 e. The van der Waals surface area contributed by atoms with E-state index in [0.717, 1.165) is 54.0 Å². The number of fused-ring (bicyclic) bond motifs is 1. The van der Waals surface area contributed by atoms with Crippen molar-refractivity contribution in [2.45, 2.75) is 26.7 Å². The number of hydrogen-bond acceptors (Lipinski definition) is 6. The number of aryl methyl sites for hydroxylation is 1. The lowest BCUT2D eigenvalue weighted by molar-refractivity contribution is -0.148. The Labute approximate surface area is 154 Å². The van der Waals surface area contributed by atoms with Gasteiger partial charge in [0.1, 0.15) is 22.8 Å². The number of nitrogens with zero attached hydrogens (tertiary/aromatic N) is 2. The molecule has 0 unspecified atom stereocenters. The molecule has 0 spiro atoms. The molecule has 26 heavy (non-hydrogen) atoms. The molecule has 0 N–H and O–H groups in total. The Morgan fingerprint density at radius 1 is 1.19 bits per heavy atom. The lowest BCUT2D eigenvalue weighted by Crippen LogP contribution is -2.37. The molecule has 1 saturated heterocycles. The van der Waals surface area contributed by atoms with Crippen LogP contribution in [0.25, 0.3) is 10.9 Å². The summed E-state index contributed by atoms with van der Waals surface area (Å²) in [5.41, 5.74) is 1.95. The van der Waals surface area contributed by atoms with Crippen LogP contribution in [0.2, 0.25) is 0 Å². The van der Waals surface area contributed by atoms with Gasteiger partial charge in [0.2, 0.25) is 0 Å². The molecule has 0 atom stereocenters. The Hall–Kier alpha value is -2.50. The number of pyridine rings is 1. The molecule has 6 heteroatoms. The van der Waals surface area contributed by atoms with Crippen molar-refractivity contribution in [3.05, 3.63) is 23.8 Å². The highest BCUT2D eigenvalue weighted by Crippen LogP contribution is 2.34. The number of piperidine rings is 1. The van der Waals surface area contributed by atoms with Gasteiger partial charge < -0.3 is 19.1 Å². The molecule has 1 aromatic heterocycles. The molecule has 0 aliphatic carbocycles. The van der Waals surface area contributed by atoms with Gasteiger partial charge in [0, 0.05) is 24.5 Å². The number of anilines is 1. The predicted octanol–water partition coefficient (Wildman–Crippen LogP) is 3.34. The molecule has 6 nitrogen and oxygen atoms in total. The van der Waals surface area contributed by atoms with E-state index in [-0.39, 0.29) is 11.9 Å². The van der Waals surface area contributed by atoms with Gasteiger partial charge in [-0.25, -0.2) is 4.98 Å². The van der Waals surface area contributed by atoms with Gasteiger partial charge in [0.05, 0.1) is 26.7 Å². The number of methoxy groups -OCH3 is 2. The average Bonchev–Trinajstić information content (AvgIpc) is 2.67. The molecule has 0 saturated carbocycles. The standard InChI is InChI=1S/C20H26N2O4/c1-5-26-20(23)14-6-8-22(9-7-14)18-10-13(2)16-11-15(24-3)12-17(25-4)19(16)21-18/h10-12,14H,5-9H2,1-4H3. The topological polar surface area (TPSA) is 60.9 Å². The summed E-state index contributed by atoms with van der Waals surface area (Å²) in [6, 6.07) is 5.93. The lowest BCUT2D eigenvalue weighted by atomic mass is 9.97. The second-order valence-electron chi connectivity index (χ2n) is 6.54. The second-order valence-corrected chi connectivity index (χ2v) is 6.54. The van der Waals surface area contributed by atoms with Gasteiger partial charge >= 0.3 is 5.97 Å². The summed E-state index contributed by atoms with van der Waals surface area (Å²) < 4.78 is 16.0. The third-order valence-corrected chi connectivity index (χ3v) is 4.94. The van der Waals surface area contributed by atoms with Crippen molar-refractivity contribution in [2.24, 2.45) is 5.92 Å². The molecule has 1 aromatic carbocycles. The second kappa shape index (κ2) is 7.81. The molecule has 2 aromatic rings. The van der Waals surface area contributed by atoms with Crippen molar-refractivity contribution in [2.75, 3.05) is 38.8 Å². The zero-order valence-corrected chi connectivity index (χ0v) is 15.9. The quantitative estimate of drug-likeness (QED) is 0.764. The van der Waals surface area contributed by atoms with Gasteiger partial charge in [-0.15, -0.1) is 0 Å². The van der Waals surface area contributed by atoms with Crippen molar-refractivity contribution in [3.63, 3.8) is 0 Å². The van der Waals surface area contributed by atoms with E-state index >= 15 is 0 Å². The van der Waals surface area contributed by atoms with Crippen LogP contribution in [0, 0.1) is 12.8 Å².